The summed E-state index contributed by atoms with van der Waals surface area (Å²) >= 11 is 0. The standard InChI is InChI=1S/C25H45N4P/c26-27-21-30(28(22-13-5-1-6-14-22)23-15-7-2-8-16-23)29(24-17-9-3-10-18-24)25-19-11-4-12-20-25/h21-25H,1-20H2. The Bertz CT molecular complexity index is 463. The highest BCUT2D eigenvalue weighted by atomic mass is 31.1. The molecule has 4 rings (SSSR count). The van der Waals surface area contributed by atoms with E-state index in [-0.39, 0.29) is 0 Å². The maximum atomic E-state index is 9.86. The SMILES string of the molecule is [N-]=[N+]=CP(N(C1CCCCC1)C1CCCCC1)N(C1CCCCC1)C1CCCCC1. The first-order chi connectivity index (χ1) is 14.9. The summed E-state index contributed by atoms with van der Waals surface area (Å²) in [5, 5.41) is 0. The van der Waals surface area contributed by atoms with Crippen LogP contribution < -0.4 is 0 Å². The topological polar surface area (TPSA) is 42.9 Å². The first-order valence-corrected chi connectivity index (χ1v) is 14.7. The van der Waals surface area contributed by atoms with E-state index >= 15 is 0 Å². The van der Waals surface area contributed by atoms with Crippen molar-refractivity contribution in [3.63, 3.8) is 0 Å². The van der Waals surface area contributed by atoms with E-state index in [2.05, 4.69) is 14.1 Å². The van der Waals surface area contributed by atoms with Crippen molar-refractivity contribution in [2.45, 2.75) is 153 Å². The predicted molar refractivity (Wildman–Crippen MR) is 128 cm³/mol. The summed E-state index contributed by atoms with van der Waals surface area (Å²) in [7, 11) is -0.654. The highest BCUT2D eigenvalue weighted by Gasteiger charge is 2.43. The van der Waals surface area contributed by atoms with Gasteiger partial charge in [0.05, 0.1) is 0 Å². The van der Waals surface area contributed by atoms with Crippen LogP contribution in [0.3, 0.4) is 0 Å². The van der Waals surface area contributed by atoms with E-state index in [4.69, 9.17) is 0 Å². The van der Waals surface area contributed by atoms with E-state index in [0.29, 0.717) is 24.2 Å². The molecule has 0 unspecified atom stereocenters. The molecule has 0 aromatic heterocycles. The molecule has 4 fully saturated rings. The minimum absolute atomic E-state index is 0.654. The lowest BCUT2D eigenvalue weighted by atomic mass is 9.90. The number of nitrogens with zero attached hydrogens (tertiary/aromatic N) is 4. The van der Waals surface area contributed by atoms with Crippen LogP contribution in [0.15, 0.2) is 0 Å². The van der Waals surface area contributed by atoms with Crippen molar-refractivity contribution >= 4 is 14.2 Å². The van der Waals surface area contributed by atoms with Gasteiger partial charge in [-0.25, -0.2) is 0 Å². The molecule has 0 saturated heterocycles. The van der Waals surface area contributed by atoms with Crippen LogP contribution in [-0.4, -0.2) is 44.3 Å². The van der Waals surface area contributed by atoms with Gasteiger partial charge in [-0.15, -0.1) is 0 Å². The molecule has 0 aromatic carbocycles. The molecule has 0 heterocycles. The summed E-state index contributed by atoms with van der Waals surface area (Å²) in [5.74, 6) is 2.02. The predicted octanol–water partition coefficient (Wildman–Crippen LogP) is 7.49. The van der Waals surface area contributed by atoms with Gasteiger partial charge in [0.2, 0.25) is 0 Å². The highest BCUT2D eigenvalue weighted by Crippen LogP contribution is 2.54. The van der Waals surface area contributed by atoms with Gasteiger partial charge in [-0.05, 0) is 51.4 Å². The minimum Gasteiger partial charge on any atom is -0.361 e. The summed E-state index contributed by atoms with van der Waals surface area (Å²) in [6.45, 7) is 0. The lowest BCUT2D eigenvalue weighted by molar-refractivity contribution is 0.00580. The monoisotopic (exact) mass is 432 g/mol. The van der Waals surface area contributed by atoms with Crippen LogP contribution in [0.25, 0.3) is 5.53 Å². The lowest BCUT2D eigenvalue weighted by Gasteiger charge is -2.51. The molecule has 0 amide bonds. The summed E-state index contributed by atoms with van der Waals surface area (Å²) < 4.78 is 5.94. The third-order valence-corrected chi connectivity index (χ3v) is 11.0. The Balaban J connectivity index is 1.66. The van der Waals surface area contributed by atoms with Gasteiger partial charge >= 0.3 is 5.96 Å². The molecule has 0 aliphatic heterocycles. The van der Waals surface area contributed by atoms with Gasteiger partial charge in [-0.3, -0.25) is 9.34 Å². The zero-order chi connectivity index (χ0) is 20.6. The van der Waals surface area contributed by atoms with Crippen LogP contribution in [0.5, 0.6) is 0 Å². The van der Waals surface area contributed by atoms with Crippen LogP contribution in [-0.2, 0) is 0 Å². The van der Waals surface area contributed by atoms with E-state index in [1.807, 2.05) is 5.96 Å². The number of rotatable bonds is 7. The largest absolute Gasteiger partial charge is 0.361 e. The minimum atomic E-state index is -0.654. The van der Waals surface area contributed by atoms with Crippen LogP contribution >= 0.6 is 8.22 Å². The van der Waals surface area contributed by atoms with Gasteiger partial charge in [0.1, 0.15) is 0 Å². The van der Waals surface area contributed by atoms with Crippen LogP contribution in [0.2, 0.25) is 0 Å². The van der Waals surface area contributed by atoms with Crippen LogP contribution in [0, 0.1) is 0 Å². The molecular weight excluding hydrogens is 387 g/mol. The quantitative estimate of drug-likeness (QED) is 0.181. The Hall–Kier alpha value is -0.270. The third kappa shape index (κ3) is 5.74. The Labute approximate surface area is 186 Å². The van der Waals surface area contributed by atoms with Gasteiger partial charge in [0.25, 0.3) is 0 Å². The second-order valence-corrected chi connectivity index (χ2v) is 12.3. The van der Waals surface area contributed by atoms with E-state index in [9.17, 15) is 5.53 Å². The fraction of sp³-hybridized carbons (Fsp3) is 0.960. The molecule has 0 spiro atoms. The van der Waals surface area contributed by atoms with Gasteiger partial charge < -0.3 is 5.53 Å². The zero-order valence-electron chi connectivity index (χ0n) is 19.3. The van der Waals surface area contributed by atoms with Crippen molar-refractivity contribution in [1.82, 2.24) is 9.34 Å². The second kappa shape index (κ2) is 12.1. The average Bonchev–Trinajstić information content (AvgIpc) is 2.82. The fourth-order valence-electron chi connectivity index (χ4n) is 6.93. The molecular formula is C25H45N4P. The van der Waals surface area contributed by atoms with Crippen molar-refractivity contribution in [2.75, 3.05) is 0 Å². The molecule has 0 atom stereocenters. The summed E-state index contributed by atoms with van der Waals surface area (Å²) in [4.78, 5) is 3.78. The Kier molecular flexibility index (Phi) is 9.24. The number of hydrogen-bond donors (Lipinski definition) is 0. The van der Waals surface area contributed by atoms with Crippen LogP contribution in [0.4, 0.5) is 0 Å². The maximum absolute atomic E-state index is 9.86. The van der Waals surface area contributed by atoms with E-state index in [0.717, 1.165) is 0 Å². The van der Waals surface area contributed by atoms with E-state index < -0.39 is 8.22 Å². The van der Waals surface area contributed by atoms with Crippen molar-refractivity contribution in [2.24, 2.45) is 0 Å². The van der Waals surface area contributed by atoms with Crippen molar-refractivity contribution in [3.05, 3.63) is 5.53 Å². The molecule has 30 heavy (non-hydrogen) atoms. The number of hydrogen-bond acceptors (Lipinski definition) is 2. The maximum Gasteiger partial charge on any atom is 0.306 e. The zero-order valence-corrected chi connectivity index (χ0v) is 20.2. The lowest BCUT2D eigenvalue weighted by Crippen LogP contribution is -2.50. The molecule has 4 saturated carbocycles. The smallest absolute Gasteiger partial charge is 0.306 e. The molecule has 0 radical (unpaired) electrons. The molecule has 4 aliphatic carbocycles. The van der Waals surface area contributed by atoms with Gasteiger partial charge in [-0.1, -0.05) is 77.0 Å². The Morgan fingerprint density at radius 2 is 0.767 bits per heavy atom. The molecule has 0 N–H and O–H groups in total. The second-order valence-electron chi connectivity index (χ2n) is 10.5. The summed E-state index contributed by atoms with van der Waals surface area (Å²) in [6.07, 6.45) is 27.6. The molecule has 0 bridgehead atoms. The fourth-order valence-corrected chi connectivity index (χ4v) is 9.76. The van der Waals surface area contributed by atoms with Crippen molar-refractivity contribution in [1.29, 1.82) is 0 Å². The molecule has 4 nitrogen and oxygen atoms in total. The average molecular weight is 433 g/mol. The van der Waals surface area contributed by atoms with Gasteiger partial charge in [-0.2, -0.15) is 4.79 Å². The first-order valence-electron chi connectivity index (χ1n) is 13.4. The molecule has 170 valence electrons. The van der Waals surface area contributed by atoms with Gasteiger partial charge in [0.15, 0.2) is 8.22 Å². The first kappa shape index (κ1) is 22.9. The van der Waals surface area contributed by atoms with Crippen molar-refractivity contribution in [3.8, 4) is 0 Å². The molecule has 0 aromatic rings. The normalized spacial score (nSPS) is 26.4. The van der Waals surface area contributed by atoms with E-state index in [1.165, 1.54) is 128 Å². The summed E-state index contributed by atoms with van der Waals surface area (Å²) in [5.41, 5.74) is 9.86. The van der Waals surface area contributed by atoms with Crippen molar-refractivity contribution < 1.29 is 4.79 Å². The highest BCUT2D eigenvalue weighted by molar-refractivity contribution is 7.68. The van der Waals surface area contributed by atoms with E-state index in [1.54, 1.807) is 0 Å². The van der Waals surface area contributed by atoms with Gasteiger partial charge in [0, 0.05) is 24.2 Å². The Morgan fingerprint density at radius 1 is 0.500 bits per heavy atom. The third-order valence-electron chi connectivity index (χ3n) is 8.42. The molecule has 4 aliphatic rings. The van der Waals surface area contributed by atoms with Crippen LogP contribution in [0.1, 0.15) is 128 Å². The Morgan fingerprint density at radius 3 is 1.00 bits per heavy atom. The molecule has 5 heteroatoms. The summed E-state index contributed by atoms with van der Waals surface area (Å²) in [6, 6.07) is 2.84.